The van der Waals surface area contributed by atoms with Gasteiger partial charge >= 0.3 is 0 Å². The Labute approximate surface area is 99.6 Å². The van der Waals surface area contributed by atoms with Crippen LogP contribution in [0.25, 0.3) is 0 Å². The Morgan fingerprint density at radius 3 is 2.81 bits per heavy atom. The molecular formula is C12H14ClNO2. The normalized spacial score (nSPS) is 20.5. The number of amides is 1. The molecule has 1 saturated heterocycles. The summed E-state index contributed by atoms with van der Waals surface area (Å²) in [6, 6.07) is 7.52. The number of aliphatic hydroxyl groups is 1. The number of aliphatic hydroxyl groups excluding tert-OH is 1. The molecule has 1 aromatic rings. The van der Waals surface area contributed by atoms with E-state index in [1.165, 1.54) is 0 Å². The van der Waals surface area contributed by atoms with Gasteiger partial charge in [-0.1, -0.05) is 29.8 Å². The lowest BCUT2D eigenvalue weighted by Crippen LogP contribution is -2.25. The zero-order valence-electron chi connectivity index (χ0n) is 8.90. The van der Waals surface area contributed by atoms with Gasteiger partial charge in [0.25, 0.3) is 0 Å². The van der Waals surface area contributed by atoms with Gasteiger partial charge in [0.15, 0.2) is 0 Å². The first-order chi connectivity index (χ1) is 7.70. The Balaban J connectivity index is 2.06. The second-order valence-electron chi connectivity index (χ2n) is 4.12. The van der Waals surface area contributed by atoms with Gasteiger partial charge in [-0.25, -0.2) is 0 Å². The van der Waals surface area contributed by atoms with Crippen LogP contribution in [0, 0.1) is 5.92 Å². The summed E-state index contributed by atoms with van der Waals surface area (Å²) in [6.45, 7) is 1.24. The van der Waals surface area contributed by atoms with Crippen molar-refractivity contribution in [3.63, 3.8) is 0 Å². The van der Waals surface area contributed by atoms with Crippen LogP contribution in [-0.4, -0.2) is 29.1 Å². The smallest absolute Gasteiger partial charge is 0.223 e. The third-order valence-corrected chi connectivity index (χ3v) is 3.24. The topological polar surface area (TPSA) is 40.5 Å². The molecule has 0 aliphatic carbocycles. The van der Waals surface area contributed by atoms with Crippen molar-refractivity contribution in [1.29, 1.82) is 0 Å². The number of likely N-dealkylation sites (tertiary alicyclic amines) is 1. The van der Waals surface area contributed by atoms with Gasteiger partial charge in [0.05, 0.1) is 0 Å². The van der Waals surface area contributed by atoms with E-state index in [-0.39, 0.29) is 18.4 Å². The van der Waals surface area contributed by atoms with Crippen LogP contribution in [0.1, 0.15) is 12.0 Å². The summed E-state index contributed by atoms with van der Waals surface area (Å²) < 4.78 is 0. The molecule has 0 radical (unpaired) electrons. The molecule has 86 valence electrons. The predicted molar refractivity (Wildman–Crippen MR) is 62.1 cm³/mol. The fourth-order valence-corrected chi connectivity index (χ4v) is 2.16. The average Bonchev–Trinajstić information content (AvgIpc) is 2.63. The highest BCUT2D eigenvalue weighted by Gasteiger charge is 2.29. The average molecular weight is 240 g/mol. The molecular weight excluding hydrogens is 226 g/mol. The quantitative estimate of drug-likeness (QED) is 0.872. The largest absolute Gasteiger partial charge is 0.396 e. The molecule has 1 N–H and O–H groups in total. The summed E-state index contributed by atoms with van der Waals surface area (Å²) >= 11 is 6.03. The Hall–Kier alpha value is -1.06. The Morgan fingerprint density at radius 2 is 2.19 bits per heavy atom. The molecule has 3 nitrogen and oxygen atoms in total. The van der Waals surface area contributed by atoms with Crippen LogP contribution in [0.5, 0.6) is 0 Å². The molecule has 4 heteroatoms. The third-order valence-electron chi connectivity index (χ3n) is 2.87. The number of benzene rings is 1. The van der Waals surface area contributed by atoms with Gasteiger partial charge in [0.2, 0.25) is 5.91 Å². The molecule has 1 unspecified atom stereocenters. The number of hydrogen-bond donors (Lipinski definition) is 1. The molecule has 1 aliphatic heterocycles. The van der Waals surface area contributed by atoms with Crippen molar-refractivity contribution in [2.75, 3.05) is 13.2 Å². The molecule has 1 fully saturated rings. The van der Waals surface area contributed by atoms with E-state index < -0.39 is 0 Å². The van der Waals surface area contributed by atoms with Crippen molar-refractivity contribution in [3.05, 3.63) is 34.9 Å². The molecule has 1 aromatic carbocycles. The van der Waals surface area contributed by atoms with Crippen molar-refractivity contribution in [2.24, 2.45) is 5.92 Å². The number of hydrogen-bond acceptors (Lipinski definition) is 2. The molecule has 1 amide bonds. The van der Waals surface area contributed by atoms with Gasteiger partial charge in [-0.3, -0.25) is 4.79 Å². The van der Waals surface area contributed by atoms with Gasteiger partial charge in [-0.15, -0.1) is 0 Å². The lowest BCUT2D eigenvalue weighted by molar-refractivity contribution is -0.128. The van der Waals surface area contributed by atoms with E-state index in [2.05, 4.69) is 0 Å². The van der Waals surface area contributed by atoms with E-state index >= 15 is 0 Å². The van der Waals surface area contributed by atoms with Gasteiger partial charge in [-0.2, -0.15) is 0 Å². The summed E-state index contributed by atoms with van der Waals surface area (Å²) in [7, 11) is 0. The first-order valence-electron chi connectivity index (χ1n) is 5.32. The highest BCUT2D eigenvalue weighted by molar-refractivity contribution is 6.31. The number of rotatable bonds is 3. The minimum atomic E-state index is 0.0742. The molecule has 0 saturated carbocycles. The second-order valence-corrected chi connectivity index (χ2v) is 4.53. The van der Waals surface area contributed by atoms with Crippen LogP contribution < -0.4 is 0 Å². The maximum absolute atomic E-state index is 11.6. The summed E-state index contributed by atoms with van der Waals surface area (Å²) in [5.41, 5.74) is 0.955. The lowest BCUT2D eigenvalue weighted by Gasteiger charge is -2.17. The van der Waals surface area contributed by atoms with Crippen LogP contribution in [0.15, 0.2) is 24.3 Å². The predicted octanol–water partition coefficient (Wildman–Crippen LogP) is 1.68. The Morgan fingerprint density at radius 1 is 1.44 bits per heavy atom. The Bertz CT molecular complexity index is 394. The van der Waals surface area contributed by atoms with Gasteiger partial charge in [0, 0.05) is 37.1 Å². The van der Waals surface area contributed by atoms with E-state index in [0.717, 1.165) is 5.56 Å². The van der Waals surface area contributed by atoms with Crippen LogP contribution >= 0.6 is 11.6 Å². The van der Waals surface area contributed by atoms with Crippen molar-refractivity contribution >= 4 is 17.5 Å². The number of carbonyl (C=O) groups excluding carboxylic acids is 1. The van der Waals surface area contributed by atoms with E-state index in [1.54, 1.807) is 4.90 Å². The molecule has 2 rings (SSSR count). The van der Waals surface area contributed by atoms with Crippen molar-refractivity contribution < 1.29 is 9.90 Å². The third kappa shape index (κ3) is 2.36. The maximum Gasteiger partial charge on any atom is 0.223 e. The van der Waals surface area contributed by atoms with Crippen LogP contribution in [-0.2, 0) is 11.3 Å². The van der Waals surface area contributed by atoms with Crippen LogP contribution in [0.2, 0.25) is 5.02 Å². The second kappa shape index (κ2) is 4.85. The van der Waals surface area contributed by atoms with E-state index in [1.807, 2.05) is 24.3 Å². The maximum atomic E-state index is 11.6. The summed E-state index contributed by atoms with van der Waals surface area (Å²) in [5, 5.41) is 9.70. The summed E-state index contributed by atoms with van der Waals surface area (Å²) in [4.78, 5) is 13.4. The van der Waals surface area contributed by atoms with Crippen molar-refractivity contribution in [1.82, 2.24) is 4.90 Å². The SMILES string of the molecule is O=C1CC(CO)CN1Cc1ccccc1Cl. The fraction of sp³-hybridized carbons (Fsp3) is 0.417. The standard InChI is InChI=1S/C12H14ClNO2/c13-11-4-2-1-3-10(11)7-14-6-9(8-15)5-12(14)16/h1-4,9,15H,5-8H2. The van der Waals surface area contributed by atoms with Crippen LogP contribution in [0.3, 0.4) is 0 Å². The van der Waals surface area contributed by atoms with Crippen LogP contribution in [0.4, 0.5) is 0 Å². The van der Waals surface area contributed by atoms with Crippen molar-refractivity contribution in [2.45, 2.75) is 13.0 Å². The zero-order chi connectivity index (χ0) is 11.5. The molecule has 1 aliphatic rings. The molecule has 1 heterocycles. The van der Waals surface area contributed by atoms with Gasteiger partial charge in [0.1, 0.15) is 0 Å². The van der Waals surface area contributed by atoms with Gasteiger partial charge in [-0.05, 0) is 11.6 Å². The minimum Gasteiger partial charge on any atom is -0.396 e. The summed E-state index contributed by atoms with van der Waals surface area (Å²) in [5.74, 6) is 0.175. The molecule has 16 heavy (non-hydrogen) atoms. The number of halogens is 1. The molecule has 1 atom stereocenters. The first-order valence-corrected chi connectivity index (χ1v) is 5.70. The van der Waals surface area contributed by atoms with Crippen molar-refractivity contribution in [3.8, 4) is 0 Å². The first kappa shape index (κ1) is 11.4. The highest BCUT2D eigenvalue weighted by Crippen LogP contribution is 2.22. The fourth-order valence-electron chi connectivity index (χ4n) is 1.96. The zero-order valence-corrected chi connectivity index (χ0v) is 9.65. The molecule has 0 aromatic heterocycles. The Kier molecular flexibility index (Phi) is 3.46. The van der Waals surface area contributed by atoms with E-state index in [0.29, 0.717) is 24.5 Å². The van der Waals surface area contributed by atoms with Gasteiger partial charge < -0.3 is 10.0 Å². The lowest BCUT2D eigenvalue weighted by atomic mass is 10.1. The van der Waals surface area contributed by atoms with E-state index in [9.17, 15) is 4.79 Å². The van der Waals surface area contributed by atoms with E-state index in [4.69, 9.17) is 16.7 Å². The number of carbonyl (C=O) groups is 1. The molecule has 0 spiro atoms. The number of nitrogens with zero attached hydrogens (tertiary/aromatic N) is 1. The summed E-state index contributed by atoms with van der Waals surface area (Å²) in [6.07, 6.45) is 0.445. The highest BCUT2D eigenvalue weighted by atomic mass is 35.5. The minimum absolute atomic E-state index is 0.0742. The monoisotopic (exact) mass is 239 g/mol. The molecule has 0 bridgehead atoms.